The first-order valence-electron chi connectivity index (χ1n) is 9.16. The number of hydrogen-bond acceptors (Lipinski definition) is 4. The molecule has 0 radical (unpaired) electrons. The maximum absolute atomic E-state index is 12.2. The molecule has 0 bridgehead atoms. The van der Waals surface area contributed by atoms with Gasteiger partial charge in [-0.3, -0.25) is 10.1 Å². The van der Waals surface area contributed by atoms with Gasteiger partial charge in [-0.2, -0.15) is 5.10 Å². The number of rotatable bonds is 4. The summed E-state index contributed by atoms with van der Waals surface area (Å²) in [5.41, 5.74) is 3.99. The fraction of sp³-hybridized carbons (Fsp3) is 0.300. The highest BCUT2D eigenvalue weighted by atomic mass is 16.2. The van der Waals surface area contributed by atoms with Crippen LogP contribution in [0.15, 0.2) is 48.8 Å². The van der Waals surface area contributed by atoms with E-state index in [1.54, 1.807) is 16.9 Å². The van der Waals surface area contributed by atoms with Crippen LogP contribution in [0.25, 0.3) is 5.65 Å². The van der Waals surface area contributed by atoms with E-state index in [0.29, 0.717) is 17.5 Å². The van der Waals surface area contributed by atoms with Crippen molar-refractivity contribution in [3.63, 3.8) is 0 Å². The summed E-state index contributed by atoms with van der Waals surface area (Å²) in [4.78, 5) is 28.1. The van der Waals surface area contributed by atoms with Crippen molar-refractivity contribution in [3.8, 4) is 0 Å². The molecule has 7 nitrogen and oxygen atoms in total. The van der Waals surface area contributed by atoms with Crippen LogP contribution in [0.1, 0.15) is 35.1 Å². The molecule has 1 aliphatic carbocycles. The van der Waals surface area contributed by atoms with Crippen molar-refractivity contribution < 1.29 is 9.59 Å². The smallest absolute Gasteiger partial charge is 0.321 e. The monoisotopic (exact) mass is 361 g/mol. The molecule has 3 aromatic rings. The maximum atomic E-state index is 12.2. The van der Waals surface area contributed by atoms with E-state index in [-0.39, 0.29) is 12.5 Å². The van der Waals surface area contributed by atoms with Crippen molar-refractivity contribution in [2.24, 2.45) is 5.92 Å². The minimum absolute atomic E-state index is 0.259. The Hall–Kier alpha value is -3.22. The van der Waals surface area contributed by atoms with E-state index in [1.807, 2.05) is 12.1 Å². The molecule has 3 atom stereocenters. The largest absolute Gasteiger partial charge is 0.337 e. The summed E-state index contributed by atoms with van der Waals surface area (Å²) >= 11 is 0. The topological polar surface area (TPSA) is 88.4 Å². The van der Waals surface area contributed by atoms with Gasteiger partial charge >= 0.3 is 6.03 Å². The molecule has 5 rings (SSSR count). The lowest BCUT2D eigenvalue weighted by Gasteiger charge is -2.22. The van der Waals surface area contributed by atoms with E-state index < -0.39 is 11.9 Å². The third-order valence-corrected chi connectivity index (χ3v) is 5.45. The van der Waals surface area contributed by atoms with Gasteiger partial charge in [0, 0.05) is 24.5 Å². The Kier molecular flexibility index (Phi) is 3.67. The van der Waals surface area contributed by atoms with Crippen LogP contribution >= 0.6 is 0 Å². The average Bonchev–Trinajstić information content (AvgIpc) is 3.25. The number of hydrogen-bond donors (Lipinski definition) is 2. The van der Waals surface area contributed by atoms with Crippen molar-refractivity contribution in [1.82, 2.24) is 25.2 Å². The van der Waals surface area contributed by atoms with E-state index in [2.05, 4.69) is 45.0 Å². The Bertz CT molecular complexity index is 1030. The number of amides is 3. The van der Waals surface area contributed by atoms with Gasteiger partial charge in [0.15, 0.2) is 5.65 Å². The molecule has 1 saturated carbocycles. The second-order valence-corrected chi connectivity index (χ2v) is 7.26. The Labute approximate surface area is 155 Å². The number of urea groups is 1. The summed E-state index contributed by atoms with van der Waals surface area (Å²) < 4.78 is 1.74. The van der Waals surface area contributed by atoms with Crippen LogP contribution in [0.2, 0.25) is 0 Å². The van der Waals surface area contributed by atoms with E-state index in [4.69, 9.17) is 0 Å². The predicted molar refractivity (Wildman–Crippen MR) is 98.3 cm³/mol. The van der Waals surface area contributed by atoms with Gasteiger partial charge in [-0.25, -0.2) is 14.3 Å². The second-order valence-electron chi connectivity index (χ2n) is 7.26. The summed E-state index contributed by atoms with van der Waals surface area (Å²) in [7, 11) is 0. The molecule has 3 amide bonds. The van der Waals surface area contributed by atoms with E-state index in [1.165, 1.54) is 5.56 Å². The van der Waals surface area contributed by atoms with Gasteiger partial charge in [-0.1, -0.05) is 30.3 Å². The molecule has 1 aliphatic heterocycles. The van der Waals surface area contributed by atoms with Gasteiger partial charge in [0.25, 0.3) is 0 Å². The number of benzene rings is 1. The number of nitrogens with zero attached hydrogens (tertiary/aromatic N) is 3. The molecule has 136 valence electrons. The SMILES string of the molecule is O=C1NCC(c2cc(C3C[C@H]3Cc3ccccc3)c3nccn3n2)C(=O)N1. The maximum Gasteiger partial charge on any atom is 0.321 e. The predicted octanol–water partition coefficient (Wildman–Crippen LogP) is 2.00. The molecular formula is C20H19N5O2. The highest BCUT2D eigenvalue weighted by Gasteiger charge is 2.40. The van der Waals surface area contributed by atoms with Gasteiger partial charge in [0.1, 0.15) is 0 Å². The molecule has 27 heavy (non-hydrogen) atoms. The van der Waals surface area contributed by atoms with Crippen molar-refractivity contribution in [3.05, 3.63) is 65.6 Å². The first kappa shape index (κ1) is 16.0. The molecular weight excluding hydrogens is 342 g/mol. The van der Waals surface area contributed by atoms with Crippen LogP contribution in [0.4, 0.5) is 4.79 Å². The number of imidazole rings is 1. The van der Waals surface area contributed by atoms with Crippen molar-refractivity contribution in [2.75, 3.05) is 6.54 Å². The van der Waals surface area contributed by atoms with Crippen LogP contribution in [0.3, 0.4) is 0 Å². The van der Waals surface area contributed by atoms with E-state index in [0.717, 1.165) is 24.1 Å². The van der Waals surface area contributed by atoms with Gasteiger partial charge in [-0.15, -0.1) is 0 Å². The third-order valence-electron chi connectivity index (χ3n) is 5.45. The highest BCUT2D eigenvalue weighted by Crippen LogP contribution is 2.50. The molecule has 2 aliphatic rings. The van der Waals surface area contributed by atoms with Gasteiger partial charge in [0.2, 0.25) is 5.91 Å². The number of imide groups is 1. The Morgan fingerprint density at radius 3 is 2.85 bits per heavy atom. The molecule has 2 unspecified atom stereocenters. The minimum Gasteiger partial charge on any atom is -0.337 e. The van der Waals surface area contributed by atoms with Crippen LogP contribution in [-0.2, 0) is 11.2 Å². The summed E-state index contributed by atoms with van der Waals surface area (Å²) in [6.07, 6.45) is 5.67. The Morgan fingerprint density at radius 1 is 1.19 bits per heavy atom. The van der Waals surface area contributed by atoms with Crippen molar-refractivity contribution >= 4 is 17.6 Å². The first-order valence-corrected chi connectivity index (χ1v) is 9.16. The number of aromatic nitrogens is 3. The molecule has 2 aromatic heterocycles. The molecule has 0 spiro atoms. The van der Waals surface area contributed by atoms with E-state index >= 15 is 0 Å². The molecule has 2 fully saturated rings. The zero-order valence-electron chi connectivity index (χ0n) is 14.6. The van der Waals surface area contributed by atoms with Crippen molar-refractivity contribution in [1.29, 1.82) is 0 Å². The fourth-order valence-corrected chi connectivity index (χ4v) is 3.95. The Morgan fingerprint density at radius 2 is 2.04 bits per heavy atom. The molecule has 1 saturated heterocycles. The van der Waals surface area contributed by atoms with E-state index in [9.17, 15) is 9.59 Å². The molecule has 1 aromatic carbocycles. The highest BCUT2D eigenvalue weighted by molar-refractivity contribution is 6.00. The normalized spacial score (nSPS) is 24.5. The summed E-state index contributed by atoms with van der Waals surface area (Å²) in [6, 6.07) is 12.0. The zero-order chi connectivity index (χ0) is 18.4. The number of fused-ring (bicyclic) bond motifs is 1. The molecule has 3 heterocycles. The lowest BCUT2D eigenvalue weighted by molar-refractivity contribution is -0.122. The number of carbonyl (C=O) groups excluding carboxylic acids is 2. The van der Waals surface area contributed by atoms with Crippen LogP contribution in [0, 0.1) is 5.92 Å². The summed E-state index contributed by atoms with van der Waals surface area (Å²) in [5.74, 6) is 0.189. The average molecular weight is 361 g/mol. The summed E-state index contributed by atoms with van der Waals surface area (Å²) in [5, 5.41) is 9.55. The van der Waals surface area contributed by atoms with Crippen LogP contribution < -0.4 is 10.6 Å². The lowest BCUT2D eigenvalue weighted by Crippen LogP contribution is -2.51. The lowest BCUT2D eigenvalue weighted by atomic mass is 9.99. The Balaban J connectivity index is 1.45. The van der Waals surface area contributed by atoms with Gasteiger partial charge in [0.05, 0.1) is 11.6 Å². The fourth-order valence-electron chi connectivity index (χ4n) is 3.95. The second kappa shape index (κ2) is 6.19. The summed E-state index contributed by atoms with van der Waals surface area (Å²) in [6.45, 7) is 0.259. The third kappa shape index (κ3) is 2.95. The van der Waals surface area contributed by atoms with Crippen molar-refractivity contribution in [2.45, 2.75) is 24.7 Å². The van der Waals surface area contributed by atoms with Crippen LogP contribution in [-0.4, -0.2) is 33.1 Å². The van der Waals surface area contributed by atoms with Gasteiger partial charge < -0.3 is 5.32 Å². The van der Waals surface area contributed by atoms with Gasteiger partial charge in [-0.05, 0) is 36.3 Å². The van der Waals surface area contributed by atoms with Crippen LogP contribution in [0.5, 0.6) is 0 Å². The molecule has 2 N–H and O–H groups in total. The first-order chi connectivity index (χ1) is 13.2. The number of carbonyl (C=O) groups is 2. The molecule has 7 heteroatoms. The minimum atomic E-state index is -0.487. The number of nitrogens with one attached hydrogen (secondary N) is 2. The quantitative estimate of drug-likeness (QED) is 0.744. The zero-order valence-corrected chi connectivity index (χ0v) is 14.6. The standard InChI is InChI=1S/C20H19N5O2/c26-19-16(11-22-20(27)23-19)17-10-15(18-21-6-7-25(18)24-17)14-9-13(14)8-12-4-2-1-3-5-12/h1-7,10,13-14,16H,8-9,11H2,(H2,22,23,26,27)/t13-,14?,16?/m1/s1.